The maximum Gasteiger partial charge on any atom is 0.327 e. The monoisotopic (exact) mass is 293 g/mol. The second kappa shape index (κ2) is 5.90. The Labute approximate surface area is 121 Å². The fourth-order valence-corrected chi connectivity index (χ4v) is 2.08. The molecule has 0 unspecified atom stereocenters. The average molecular weight is 293 g/mol. The fraction of sp³-hybridized carbons (Fsp3) is 0.357. The van der Waals surface area contributed by atoms with Crippen molar-refractivity contribution in [1.29, 1.82) is 0 Å². The molecule has 1 aromatic rings. The molecule has 21 heavy (non-hydrogen) atoms. The van der Waals surface area contributed by atoms with Gasteiger partial charge in [0.05, 0.1) is 0 Å². The Morgan fingerprint density at radius 1 is 1.38 bits per heavy atom. The molecule has 0 atom stereocenters. The number of urea groups is 1. The van der Waals surface area contributed by atoms with Crippen LogP contribution >= 0.6 is 0 Å². The van der Waals surface area contributed by atoms with Gasteiger partial charge in [-0.1, -0.05) is 12.1 Å². The van der Waals surface area contributed by atoms with Crippen LogP contribution in [-0.4, -0.2) is 59.7 Å². The summed E-state index contributed by atoms with van der Waals surface area (Å²) in [6.07, 6.45) is 0. The molecule has 7 heteroatoms. The van der Waals surface area contributed by atoms with Crippen molar-refractivity contribution in [1.82, 2.24) is 14.7 Å². The lowest BCUT2D eigenvalue weighted by Crippen LogP contribution is -2.41. The van der Waals surface area contributed by atoms with E-state index in [0.717, 1.165) is 4.90 Å². The number of carbonyl (C=O) groups excluding carboxylic acids is 3. The standard InChI is InChI=1S/C14H16FN3O3/c1-16(7-10-4-3-5-11(15)6-10)12(19)9-18-13(20)8-17(2)14(18)21/h3-6H,7-9H2,1-2H3. The summed E-state index contributed by atoms with van der Waals surface area (Å²) >= 11 is 0. The van der Waals surface area contributed by atoms with Crippen molar-refractivity contribution in [2.75, 3.05) is 27.2 Å². The summed E-state index contributed by atoms with van der Waals surface area (Å²) in [7, 11) is 3.04. The van der Waals surface area contributed by atoms with Gasteiger partial charge in [-0.15, -0.1) is 0 Å². The van der Waals surface area contributed by atoms with Gasteiger partial charge in [-0.25, -0.2) is 9.18 Å². The first-order valence-electron chi connectivity index (χ1n) is 6.42. The summed E-state index contributed by atoms with van der Waals surface area (Å²) in [4.78, 5) is 38.9. The molecule has 2 rings (SSSR count). The number of nitrogens with zero attached hydrogens (tertiary/aromatic N) is 3. The highest BCUT2D eigenvalue weighted by atomic mass is 19.1. The van der Waals surface area contributed by atoms with E-state index in [4.69, 9.17) is 0 Å². The van der Waals surface area contributed by atoms with Crippen molar-refractivity contribution < 1.29 is 18.8 Å². The molecule has 0 saturated carbocycles. The Morgan fingerprint density at radius 2 is 2.10 bits per heavy atom. The van der Waals surface area contributed by atoms with Crippen molar-refractivity contribution >= 4 is 17.8 Å². The van der Waals surface area contributed by atoms with Crippen LogP contribution < -0.4 is 0 Å². The molecule has 0 N–H and O–H groups in total. The van der Waals surface area contributed by atoms with Gasteiger partial charge >= 0.3 is 6.03 Å². The normalized spacial score (nSPS) is 14.8. The van der Waals surface area contributed by atoms with Gasteiger partial charge in [0.15, 0.2) is 0 Å². The van der Waals surface area contributed by atoms with Gasteiger partial charge in [-0.2, -0.15) is 0 Å². The number of imide groups is 1. The predicted octanol–water partition coefficient (Wildman–Crippen LogP) is 0.678. The molecule has 0 aliphatic carbocycles. The molecule has 0 radical (unpaired) electrons. The molecule has 1 fully saturated rings. The van der Waals surface area contributed by atoms with E-state index in [9.17, 15) is 18.8 Å². The highest BCUT2D eigenvalue weighted by Crippen LogP contribution is 2.10. The zero-order valence-electron chi connectivity index (χ0n) is 11.9. The first kappa shape index (κ1) is 15.0. The summed E-state index contributed by atoms with van der Waals surface area (Å²) in [6.45, 7) is -0.101. The lowest BCUT2D eigenvalue weighted by molar-refractivity contribution is -0.136. The first-order chi connectivity index (χ1) is 9.88. The summed E-state index contributed by atoms with van der Waals surface area (Å²) < 4.78 is 13.1. The van der Waals surface area contributed by atoms with E-state index in [1.807, 2.05) is 0 Å². The lowest BCUT2D eigenvalue weighted by atomic mass is 10.2. The third-order valence-corrected chi connectivity index (χ3v) is 3.26. The molecular weight excluding hydrogens is 277 g/mol. The molecule has 1 heterocycles. The maximum atomic E-state index is 13.1. The second-order valence-electron chi connectivity index (χ2n) is 5.00. The quantitative estimate of drug-likeness (QED) is 0.767. The summed E-state index contributed by atoms with van der Waals surface area (Å²) in [5, 5.41) is 0. The Morgan fingerprint density at radius 3 is 2.67 bits per heavy atom. The van der Waals surface area contributed by atoms with Crippen LogP contribution in [0.15, 0.2) is 24.3 Å². The minimum absolute atomic E-state index is 0.0142. The number of carbonyl (C=O) groups is 3. The van der Waals surface area contributed by atoms with Crippen molar-refractivity contribution in [2.45, 2.75) is 6.54 Å². The molecule has 1 aliphatic heterocycles. The zero-order valence-corrected chi connectivity index (χ0v) is 11.9. The molecular formula is C14H16FN3O3. The number of rotatable bonds is 4. The van der Waals surface area contributed by atoms with E-state index in [1.54, 1.807) is 19.2 Å². The summed E-state index contributed by atoms with van der Waals surface area (Å²) in [6, 6.07) is 5.44. The molecule has 112 valence electrons. The Balaban J connectivity index is 1.97. The van der Waals surface area contributed by atoms with Gasteiger partial charge in [0, 0.05) is 20.6 Å². The minimum Gasteiger partial charge on any atom is -0.340 e. The smallest absolute Gasteiger partial charge is 0.327 e. The van der Waals surface area contributed by atoms with E-state index in [0.29, 0.717) is 5.56 Å². The average Bonchev–Trinajstić information content (AvgIpc) is 2.65. The van der Waals surface area contributed by atoms with Gasteiger partial charge in [-0.05, 0) is 17.7 Å². The van der Waals surface area contributed by atoms with Gasteiger partial charge < -0.3 is 9.80 Å². The van der Waals surface area contributed by atoms with E-state index >= 15 is 0 Å². The topological polar surface area (TPSA) is 60.9 Å². The molecule has 0 aromatic heterocycles. The third kappa shape index (κ3) is 3.36. The Bertz CT molecular complexity index is 591. The van der Waals surface area contributed by atoms with Gasteiger partial charge in [-0.3, -0.25) is 14.5 Å². The first-order valence-corrected chi connectivity index (χ1v) is 6.42. The van der Waals surface area contributed by atoms with E-state index in [1.165, 1.54) is 29.0 Å². The molecule has 1 saturated heterocycles. The van der Waals surface area contributed by atoms with Crippen LogP contribution in [0.4, 0.5) is 9.18 Å². The predicted molar refractivity (Wildman–Crippen MR) is 72.6 cm³/mol. The molecule has 6 nitrogen and oxygen atoms in total. The third-order valence-electron chi connectivity index (χ3n) is 3.26. The SMILES string of the molecule is CN(Cc1cccc(F)c1)C(=O)CN1C(=O)CN(C)C1=O. The number of likely N-dealkylation sites (N-methyl/N-ethyl adjacent to an activating group) is 2. The number of halogens is 1. The fourth-order valence-electron chi connectivity index (χ4n) is 2.08. The second-order valence-corrected chi connectivity index (χ2v) is 5.00. The van der Waals surface area contributed by atoms with Crippen LogP contribution in [-0.2, 0) is 16.1 Å². The van der Waals surface area contributed by atoms with Crippen LogP contribution in [0, 0.1) is 5.82 Å². The van der Waals surface area contributed by atoms with Crippen molar-refractivity contribution in [2.24, 2.45) is 0 Å². The number of hydrogen-bond donors (Lipinski definition) is 0. The van der Waals surface area contributed by atoms with Crippen molar-refractivity contribution in [3.05, 3.63) is 35.6 Å². The molecule has 1 aromatic carbocycles. The van der Waals surface area contributed by atoms with E-state index in [-0.39, 0.29) is 31.4 Å². The maximum absolute atomic E-state index is 13.1. The van der Waals surface area contributed by atoms with Crippen LogP contribution in [0.5, 0.6) is 0 Å². The summed E-state index contributed by atoms with van der Waals surface area (Å²) in [5.41, 5.74) is 0.641. The number of amides is 4. The van der Waals surface area contributed by atoms with Crippen LogP contribution in [0.3, 0.4) is 0 Å². The number of hydrogen-bond acceptors (Lipinski definition) is 3. The van der Waals surface area contributed by atoms with E-state index < -0.39 is 11.9 Å². The van der Waals surface area contributed by atoms with Gasteiger partial charge in [0.25, 0.3) is 5.91 Å². The highest BCUT2D eigenvalue weighted by Gasteiger charge is 2.35. The van der Waals surface area contributed by atoms with Crippen molar-refractivity contribution in [3.8, 4) is 0 Å². The molecule has 1 aliphatic rings. The van der Waals surface area contributed by atoms with Crippen LogP contribution in [0.2, 0.25) is 0 Å². The van der Waals surface area contributed by atoms with Gasteiger partial charge in [0.2, 0.25) is 5.91 Å². The molecule has 4 amide bonds. The number of benzene rings is 1. The van der Waals surface area contributed by atoms with Crippen LogP contribution in [0.1, 0.15) is 5.56 Å². The molecule has 0 bridgehead atoms. The highest BCUT2D eigenvalue weighted by molar-refractivity contribution is 6.04. The van der Waals surface area contributed by atoms with E-state index in [2.05, 4.69) is 0 Å². The lowest BCUT2D eigenvalue weighted by Gasteiger charge is -2.20. The Hall–Kier alpha value is -2.44. The van der Waals surface area contributed by atoms with Crippen LogP contribution in [0.25, 0.3) is 0 Å². The van der Waals surface area contributed by atoms with Gasteiger partial charge in [0.1, 0.15) is 18.9 Å². The largest absolute Gasteiger partial charge is 0.340 e. The Kier molecular flexibility index (Phi) is 4.21. The van der Waals surface area contributed by atoms with Crippen molar-refractivity contribution in [3.63, 3.8) is 0 Å². The zero-order chi connectivity index (χ0) is 15.6. The molecule has 0 spiro atoms. The minimum atomic E-state index is -0.479. The summed E-state index contributed by atoms with van der Waals surface area (Å²) in [5.74, 6) is -1.15.